The SMILES string of the molecule is CC(C)C.CC(C)C(C)C.CC(C)C1CC1.CC(C)CC1CC1.CC(C)Cc1cccc(C(C)(C)C)c1.CC(C)O.CCC(C)C.CCC(C)C.Cc1ccc(CC(C)C)cc1. The molecule has 2 fully saturated rings. The minimum absolute atomic E-state index is 0.167. The Labute approximate surface area is 395 Å². The molecule has 0 saturated heterocycles. The highest BCUT2D eigenvalue weighted by Crippen LogP contribution is 2.36. The molecule has 62 heavy (non-hydrogen) atoms. The zero-order valence-corrected chi connectivity index (χ0v) is 47.9. The average molecular weight is 870 g/mol. The first-order valence-corrected chi connectivity index (χ1v) is 26.1. The minimum Gasteiger partial charge on any atom is -0.394 e. The van der Waals surface area contributed by atoms with E-state index in [9.17, 15) is 0 Å². The summed E-state index contributed by atoms with van der Waals surface area (Å²) in [6.45, 7) is 59.4. The Bertz CT molecular complexity index is 1130. The molecule has 1 nitrogen and oxygen atoms in total. The van der Waals surface area contributed by atoms with E-state index in [4.69, 9.17) is 5.11 Å². The second-order valence-corrected chi connectivity index (χ2v) is 23.7. The average Bonchev–Trinajstić information content (AvgIpc) is 4.06. The predicted molar refractivity (Wildman–Crippen MR) is 291 cm³/mol. The molecule has 0 bridgehead atoms. The molecule has 1 N–H and O–H groups in total. The van der Waals surface area contributed by atoms with Crippen molar-refractivity contribution in [1.82, 2.24) is 0 Å². The van der Waals surface area contributed by atoms with E-state index in [-0.39, 0.29) is 11.5 Å². The van der Waals surface area contributed by atoms with E-state index in [2.05, 4.69) is 222 Å². The third-order valence-corrected chi connectivity index (χ3v) is 10.2. The summed E-state index contributed by atoms with van der Waals surface area (Å²) >= 11 is 0. The maximum absolute atomic E-state index is 8.06. The van der Waals surface area contributed by atoms with Gasteiger partial charge in [0.2, 0.25) is 0 Å². The van der Waals surface area contributed by atoms with E-state index in [1.165, 1.54) is 80.0 Å². The van der Waals surface area contributed by atoms with Gasteiger partial charge in [-0.3, -0.25) is 0 Å². The first-order chi connectivity index (χ1) is 28.3. The fourth-order valence-electron chi connectivity index (χ4n) is 4.61. The van der Waals surface area contributed by atoms with Crippen LogP contribution in [0.3, 0.4) is 0 Å². The molecular formula is C61H120O. The van der Waals surface area contributed by atoms with Crippen LogP contribution in [0, 0.1) is 72.0 Å². The Morgan fingerprint density at radius 3 is 1.08 bits per heavy atom. The summed E-state index contributed by atoms with van der Waals surface area (Å²) in [6, 6.07) is 17.8. The molecule has 2 aromatic rings. The van der Waals surface area contributed by atoms with E-state index < -0.39 is 0 Å². The van der Waals surface area contributed by atoms with Gasteiger partial charge in [-0.15, -0.1) is 0 Å². The summed E-state index contributed by atoms with van der Waals surface area (Å²) in [5.41, 5.74) is 5.97. The van der Waals surface area contributed by atoms with Gasteiger partial charge >= 0.3 is 0 Å². The van der Waals surface area contributed by atoms with Crippen molar-refractivity contribution >= 4 is 0 Å². The van der Waals surface area contributed by atoms with Crippen LogP contribution in [0.1, 0.15) is 247 Å². The van der Waals surface area contributed by atoms with E-state index in [1.54, 1.807) is 13.8 Å². The highest BCUT2D eigenvalue weighted by molar-refractivity contribution is 5.28. The van der Waals surface area contributed by atoms with Gasteiger partial charge in [0, 0.05) is 6.10 Å². The summed E-state index contributed by atoms with van der Waals surface area (Å²) in [5.74, 6) is 9.94. The van der Waals surface area contributed by atoms with Crippen molar-refractivity contribution in [2.75, 3.05) is 0 Å². The van der Waals surface area contributed by atoms with E-state index in [0.29, 0.717) is 0 Å². The summed E-state index contributed by atoms with van der Waals surface area (Å²) in [4.78, 5) is 0. The zero-order valence-electron chi connectivity index (χ0n) is 47.9. The molecule has 2 aromatic carbocycles. The van der Waals surface area contributed by atoms with Gasteiger partial charge in [-0.1, -0.05) is 246 Å². The Hall–Kier alpha value is -1.60. The fourth-order valence-corrected chi connectivity index (χ4v) is 4.61. The van der Waals surface area contributed by atoms with Crippen LogP contribution in [0.5, 0.6) is 0 Å². The first kappa shape index (κ1) is 69.4. The molecule has 0 aliphatic heterocycles. The largest absolute Gasteiger partial charge is 0.394 e. The smallest absolute Gasteiger partial charge is 0.0483 e. The molecule has 2 aliphatic rings. The number of aliphatic hydroxyl groups is 1. The molecule has 2 aliphatic carbocycles. The van der Waals surface area contributed by atoms with Gasteiger partial charge in [0.15, 0.2) is 0 Å². The first-order valence-electron chi connectivity index (χ1n) is 26.1. The topological polar surface area (TPSA) is 20.2 Å². The molecule has 0 unspecified atom stereocenters. The highest BCUT2D eigenvalue weighted by Gasteiger charge is 2.24. The van der Waals surface area contributed by atoms with Gasteiger partial charge in [-0.2, -0.15) is 0 Å². The standard InChI is InChI=1S/C14H22.C11H16.C7H14.C6H12.C6H14.2C5H12.C4H10.C3H8O/c1-11(2)9-12-7-6-8-13(10-12)14(3,4)5;1-9(2)8-11-6-4-10(3)5-7-11;1-6(2)5-7-3-4-7;1-5(2)6-3-4-6;1-5(2)6(3)4;2*1-4-5(2)3;1-4(2)3;1-3(2)4/h6-8,10-11H,9H2,1-5H3;4-7,9H,8H2,1-3H3;6-7H,3-5H2,1-2H3;5-6H,3-4H2,1-2H3;5-6H,1-4H3;2*5H,4H2,1-3H3;4H,1-3H3;3-4H,1-2H3. The van der Waals surface area contributed by atoms with Crippen LogP contribution in [-0.4, -0.2) is 11.2 Å². The number of hydrogen-bond donors (Lipinski definition) is 1. The van der Waals surface area contributed by atoms with Gasteiger partial charge in [-0.05, 0) is 140 Å². The van der Waals surface area contributed by atoms with Crippen LogP contribution in [0.15, 0.2) is 48.5 Å². The van der Waals surface area contributed by atoms with Crippen molar-refractivity contribution in [2.45, 2.75) is 256 Å². The van der Waals surface area contributed by atoms with Crippen LogP contribution in [0.25, 0.3) is 0 Å². The third-order valence-electron chi connectivity index (χ3n) is 10.2. The predicted octanol–water partition coefficient (Wildman–Crippen LogP) is 20.3. The van der Waals surface area contributed by atoms with Crippen molar-refractivity contribution in [3.05, 3.63) is 70.8 Å². The van der Waals surface area contributed by atoms with Crippen molar-refractivity contribution in [3.63, 3.8) is 0 Å². The molecular weight excluding hydrogens is 749 g/mol. The molecule has 0 heterocycles. The second kappa shape index (κ2) is 42.1. The van der Waals surface area contributed by atoms with Crippen molar-refractivity contribution in [3.8, 4) is 0 Å². The summed E-state index contributed by atoms with van der Waals surface area (Å²) < 4.78 is 0. The summed E-state index contributed by atoms with van der Waals surface area (Å²) in [5, 5.41) is 8.06. The van der Waals surface area contributed by atoms with Crippen LogP contribution in [-0.2, 0) is 18.3 Å². The zero-order chi connectivity index (χ0) is 49.8. The highest BCUT2D eigenvalue weighted by atomic mass is 16.3. The molecule has 370 valence electrons. The molecule has 4 rings (SSSR count). The molecule has 0 amide bonds. The second-order valence-electron chi connectivity index (χ2n) is 23.7. The summed E-state index contributed by atoms with van der Waals surface area (Å²) in [7, 11) is 0. The summed E-state index contributed by atoms with van der Waals surface area (Å²) in [6.07, 6.45) is 12.3. The molecule has 0 radical (unpaired) electrons. The van der Waals surface area contributed by atoms with Crippen molar-refractivity contribution in [1.29, 1.82) is 0 Å². The van der Waals surface area contributed by atoms with E-state index in [0.717, 1.165) is 65.1 Å². The molecule has 0 aromatic heterocycles. The maximum atomic E-state index is 8.06. The third kappa shape index (κ3) is 65.0. The Balaban J connectivity index is -0.000000204. The number of hydrogen-bond acceptors (Lipinski definition) is 1. The van der Waals surface area contributed by atoms with Crippen LogP contribution in [0.2, 0.25) is 0 Å². The monoisotopic (exact) mass is 869 g/mol. The van der Waals surface area contributed by atoms with Crippen molar-refractivity contribution in [2.24, 2.45) is 65.1 Å². The lowest BCUT2D eigenvalue weighted by molar-refractivity contribution is 0.216. The van der Waals surface area contributed by atoms with Gasteiger partial charge < -0.3 is 5.11 Å². The number of benzene rings is 2. The lowest BCUT2D eigenvalue weighted by atomic mass is 9.85. The lowest BCUT2D eigenvalue weighted by Crippen LogP contribution is -2.11. The van der Waals surface area contributed by atoms with E-state index >= 15 is 0 Å². The van der Waals surface area contributed by atoms with Gasteiger partial charge in [0.25, 0.3) is 0 Å². The molecule has 2 saturated carbocycles. The maximum Gasteiger partial charge on any atom is 0.0483 e. The molecule has 0 spiro atoms. The Morgan fingerprint density at radius 1 is 0.516 bits per heavy atom. The minimum atomic E-state index is -0.167. The van der Waals surface area contributed by atoms with Crippen LogP contribution >= 0.6 is 0 Å². The van der Waals surface area contributed by atoms with Crippen molar-refractivity contribution < 1.29 is 5.11 Å². The Kier molecular flexibility index (Phi) is 47.1. The quantitative estimate of drug-likeness (QED) is 0.252. The van der Waals surface area contributed by atoms with Crippen LogP contribution in [0.4, 0.5) is 0 Å². The Morgan fingerprint density at radius 2 is 0.871 bits per heavy atom. The normalized spacial score (nSPS) is 12.9. The van der Waals surface area contributed by atoms with E-state index in [1.807, 2.05) is 0 Å². The lowest BCUT2D eigenvalue weighted by Gasteiger charge is -2.20. The number of aliphatic hydroxyl groups excluding tert-OH is 1. The number of aryl methyl sites for hydroxylation is 1. The van der Waals surface area contributed by atoms with Crippen LogP contribution < -0.4 is 0 Å². The fraction of sp³-hybridized carbons (Fsp3) is 0.803. The van der Waals surface area contributed by atoms with Gasteiger partial charge in [0.05, 0.1) is 0 Å². The molecule has 0 atom stereocenters. The molecule has 1 heteroatoms. The number of rotatable bonds is 10. The van der Waals surface area contributed by atoms with Gasteiger partial charge in [0.1, 0.15) is 0 Å². The van der Waals surface area contributed by atoms with Gasteiger partial charge in [-0.25, -0.2) is 0 Å².